The molecule has 2 rings (SSSR count). The monoisotopic (exact) mass is 342 g/mol. The van der Waals surface area contributed by atoms with E-state index in [-0.39, 0.29) is 11.3 Å². The van der Waals surface area contributed by atoms with Gasteiger partial charge in [0.15, 0.2) is 0 Å². The number of carbonyl (C=O) groups excluding carboxylic acids is 2. The lowest BCUT2D eigenvalue weighted by atomic mass is 10.2. The van der Waals surface area contributed by atoms with Crippen molar-refractivity contribution in [2.24, 2.45) is 0 Å². The highest BCUT2D eigenvalue weighted by atomic mass is 16.5. The van der Waals surface area contributed by atoms with Crippen LogP contribution in [0.15, 0.2) is 48.5 Å². The average molecular weight is 342 g/mol. The predicted molar refractivity (Wildman–Crippen MR) is 94.2 cm³/mol. The number of esters is 2. The molecule has 0 aromatic heterocycles. The van der Waals surface area contributed by atoms with E-state index < -0.39 is 11.9 Å². The van der Waals surface area contributed by atoms with Gasteiger partial charge >= 0.3 is 11.9 Å². The van der Waals surface area contributed by atoms with E-state index in [1.54, 1.807) is 48.5 Å². The van der Waals surface area contributed by atoms with Crippen LogP contribution in [0, 0.1) is 0 Å². The number of carbonyl (C=O) groups is 2. The Morgan fingerprint density at radius 1 is 0.920 bits per heavy atom. The van der Waals surface area contributed by atoms with E-state index >= 15 is 0 Å². The summed E-state index contributed by atoms with van der Waals surface area (Å²) in [5.74, 6) is -0.227. The van der Waals surface area contributed by atoms with Gasteiger partial charge in [-0.25, -0.2) is 9.59 Å². The molecule has 5 heteroatoms. The number of unbranched alkanes of at least 4 members (excludes halogenated alkanes) is 2. The molecule has 0 N–H and O–H groups in total. The molecule has 132 valence electrons. The van der Waals surface area contributed by atoms with Gasteiger partial charge in [-0.1, -0.05) is 31.9 Å². The highest BCUT2D eigenvalue weighted by Gasteiger charge is 2.16. The predicted octanol–water partition coefficient (Wildman–Crippen LogP) is 4.26. The Labute approximate surface area is 147 Å². The Hall–Kier alpha value is -2.82. The van der Waals surface area contributed by atoms with Crippen LogP contribution in [-0.4, -0.2) is 25.7 Å². The van der Waals surface area contributed by atoms with Crippen LogP contribution in [0.25, 0.3) is 0 Å². The van der Waals surface area contributed by atoms with Crippen LogP contribution >= 0.6 is 0 Å². The molecule has 0 saturated carbocycles. The van der Waals surface area contributed by atoms with Crippen molar-refractivity contribution >= 4 is 11.9 Å². The number of rotatable bonds is 8. The molecule has 0 aliphatic rings. The van der Waals surface area contributed by atoms with E-state index in [1.807, 2.05) is 0 Å². The molecule has 0 spiro atoms. The molecule has 0 fully saturated rings. The zero-order valence-electron chi connectivity index (χ0n) is 14.5. The lowest BCUT2D eigenvalue weighted by molar-refractivity contribution is 0.0593. The van der Waals surface area contributed by atoms with E-state index in [9.17, 15) is 9.59 Å². The van der Waals surface area contributed by atoms with Gasteiger partial charge in [0.2, 0.25) is 0 Å². The lowest BCUT2D eigenvalue weighted by Gasteiger charge is -2.09. The van der Waals surface area contributed by atoms with Crippen LogP contribution < -0.4 is 9.47 Å². The van der Waals surface area contributed by atoms with Crippen molar-refractivity contribution in [3.63, 3.8) is 0 Å². The number of hydrogen-bond acceptors (Lipinski definition) is 5. The normalized spacial score (nSPS) is 10.2. The Kier molecular flexibility index (Phi) is 7.01. The Balaban J connectivity index is 2.01. The zero-order valence-corrected chi connectivity index (χ0v) is 14.5. The molecule has 2 aromatic rings. The van der Waals surface area contributed by atoms with Crippen LogP contribution in [0.4, 0.5) is 0 Å². The Morgan fingerprint density at radius 2 is 1.64 bits per heavy atom. The molecular formula is C20H22O5. The first-order chi connectivity index (χ1) is 12.2. The molecule has 0 bridgehead atoms. The fourth-order valence-corrected chi connectivity index (χ4v) is 2.22. The first-order valence-electron chi connectivity index (χ1n) is 8.28. The van der Waals surface area contributed by atoms with Gasteiger partial charge in [-0.05, 0) is 42.8 Å². The lowest BCUT2D eigenvalue weighted by Crippen LogP contribution is -2.12. The van der Waals surface area contributed by atoms with Crippen LogP contribution in [0.1, 0.15) is 46.9 Å². The Bertz CT molecular complexity index is 706. The molecule has 0 atom stereocenters. The fourth-order valence-electron chi connectivity index (χ4n) is 2.22. The van der Waals surface area contributed by atoms with Crippen molar-refractivity contribution in [1.29, 1.82) is 0 Å². The zero-order chi connectivity index (χ0) is 18.1. The maximum atomic E-state index is 12.3. The van der Waals surface area contributed by atoms with Gasteiger partial charge in [-0.3, -0.25) is 0 Å². The highest BCUT2D eigenvalue weighted by Crippen LogP contribution is 2.21. The smallest absolute Gasteiger partial charge is 0.343 e. The SMILES string of the molecule is CCCCCOc1ccc(C(=O)Oc2ccccc2C(=O)OC)cc1. The second-order valence-corrected chi connectivity index (χ2v) is 5.46. The van der Waals surface area contributed by atoms with Gasteiger partial charge in [0.1, 0.15) is 17.1 Å². The van der Waals surface area contributed by atoms with Crippen LogP contribution in [0.2, 0.25) is 0 Å². The van der Waals surface area contributed by atoms with E-state index in [0.29, 0.717) is 17.9 Å². The van der Waals surface area contributed by atoms with Gasteiger partial charge in [0.05, 0.1) is 19.3 Å². The molecule has 0 heterocycles. The summed E-state index contributed by atoms with van der Waals surface area (Å²) in [7, 11) is 1.28. The average Bonchev–Trinajstić information content (AvgIpc) is 2.65. The fraction of sp³-hybridized carbons (Fsp3) is 0.300. The maximum Gasteiger partial charge on any atom is 0.343 e. The van der Waals surface area contributed by atoms with Crippen molar-refractivity contribution in [2.75, 3.05) is 13.7 Å². The minimum absolute atomic E-state index is 0.166. The molecule has 0 aliphatic carbocycles. The van der Waals surface area contributed by atoms with Crippen molar-refractivity contribution < 1.29 is 23.8 Å². The van der Waals surface area contributed by atoms with Crippen molar-refractivity contribution in [1.82, 2.24) is 0 Å². The van der Waals surface area contributed by atoms with E-state index in [4.69, 9.17) is 9.47 Å². The summed E-state index contributed by atoms with van der Waals surface area (Å²) >= 11 is 0. The minimum atomic E-state index is -0.556. The van der Waals surface area contributed by atoms with Crippen LogP contribution in [-0.2, 0) is 4.74 Å². The molecule has 0 radical (unpaired) electrons. The number of hydrogen-bond donors (Lipinski definition) is 0. The van der Waals surface area contributed by atoms with Crippen LogP contribution in [0.5, 0.6) is 11.5 Å². The molecule has 0 aliphatic heterocycles. The summed E-state index contributed by atoms with van der Waals surface area (Å²) in [6.45, 7) is 2.79. The second kappa shape index (κ2) is 9.47. The number of para-hydroxylation sites is 1. The number of methoxy groups -OCH3 is 1. The van der Waals surface area contributed by atoms with Gasteiger partial charge in [-0.2, -0.15) is 0 Å². The molecule has 2 aromatic carbocycles. The standard InChI is InChI=1S/C20H22O5/c1-3-4-7-14-24-16-12-10-15(11-13-16)19(21)25-18-9-6-5-8-17(18)20(22)23-2/h5-6,8-13H,3-4,7,14H2,1-2H3. The van der Waals surface area contributed by atoms with Gasteiger partial charge in [0, 0.05) is 0 Å². The quantitative estimate of drug-likeness (QED) is 0.407. The summed E-state index contributed by atoms with van der Waals surface area (Å²) in [6, 6.07) is 13.2. The van der Waals surface area contributed by atoms with E-state index in [0.717, 1.165) is 19.3 Å². The van der Waals surface area contributed by atoms with Crippen molar-refractivity contribution in [3.05, 3.63) is 59.7 Å². The molecule has 0 saturated heterocycles. The van der Waals surface area contributed by atoms with Crippen LogP contribution in [0.3, 0.4) is 0 Å². The van der Waals surface area contributed by atoms with Gasteiger partial charge in [-0.15, -0.1) is 0 Å². The minimum Gasteiger partial charge on any atom is -0.494 e. The summed E-state index contributed by atoms with van der Waals surface area (Å²) in [5, 5.41) is 0. The van der Waals surface area contributed by atoms with Crippen molar-refractivity contribution in [3.8, 4) is 11.5 Å². The summed E-state index contributed by atoms with van der Waals surface area (Å²) in [4.78, 5) is 24.0. The Morgan fingerprint density at radius 3 is 2.32 bits per heavy atom. The third kappa shape index (κ3) is 5.35. The number of ether oxygens (including phenoxy) is 3. The number of benzene rings is 2. The van der Waals surface area contributed by atoms with E-state index in [2.05, 4.69) is 11.7 Å². The molecule has 0 amide bonds. The summed E-state index contributed by atoms with van der Waals surface area (Å²) in [6.07, 6.45) is 3.27. The highest BCUT2D eigenvalue weighted by molar-refractivity contribution is 5.96. The topological polar surface area (TPSA) is 61.8 Å². The largest absolute Gasteiger partial charge is 0.494 e. The molecule has 0 unspecified atom stereocenters. The molecule has 5 nitrogen and oxygen atoms in total. The molecule has 25 heavy (non-hydrogen) atoms. The van der Waals surface area contributed by atoms with Crippen molar-refractivity contribution in [2.45, 2.75) is 26.2 Å². The molecular weight excluding hydrogens is 320 g/mol. The van der Waals surface area contributed by atoms with Gasteiger partial charge < -0.3 is 14.2 Å². The third-order valence-electron chi connectivity index (χ3n) is 3.60. The summed E-state index contributed by atoms with van der Waals surface area (Å²) < 4.78 is 15.6. The van der Waals surface area contributed by atoms with E-state index in [1.165, 1.54) is 7.11 Å². The first kappa shape index (κ1) is 18.5. The summed E-state index contributed by atoms with van der Waals surface area (Å²) in [5.41, 5.74) is 0.579. The third-order valence-corrected chi connectivity index (χ3v) is 3.60. The second-order valence-electron chi connectivity index (χ2n) is 5.46. The van der Waals surface area contributed by atoms with Gasteiger partial charge in [0.25, 0.3) is 0 Å². The maximum absolute atomic E-state index is 12.3. The first-order valence-corrected chi connectivity index (χ1v) is 8.28.